The number of allylic oxidation sites excluding steroid dienone is 8. The molecule has 2 N–H and O–H groups in total. The molecule has 0 spiro atoms. The van der Waals surface area contributed by atoms with E-state index in [1.165, 1.54) is 24.3 Å². The lowest BCUT2D eigenvalue weighted by Gasteiger charge is -2.20. The van der Waals surface area contributed by atoms with Crippen LogP contribution in [-0.4, -0.2) is 45.3 Å². The number of Topliss-reactive ketones (excluding diaryl/α,β-unsaturated/α-hetero) is 2. The lowest BCUT2D eigenvalue weighted by atomic mass is 9.83. The number of carbonyl (C=O) groups excluding carboxylic acids is 4. The summed E-state index contributed by atoms with van der Waals surface area (Å²) in [6.07, 6.45) is 7.38. The fourth-order valence-corrected chi connectivity index (χ4v) is 4.11. The molecule has 8 heteroatoms. The minimum atomic E-state index is -0.935. The topological polar surface area (TPSA) is 143 Å². The van der Waals surface area contributed by atoms with E-state index in [2.05, 4.69) is 0 Å². The van der Waals surface area contributed by atoms with E-state index in [1.54, 1.807) is 27.7 Å². The molecule has 8 nitrogen and oxygen atoms in total. The summed E-state index contributed by atoms with van der Waals surface area (Å²) in [7, 11) is 0. The van der Waals surface area contributed by atoms with Crippen LogP contribution in [0.25, 0.3) is 0 Å². The monoisotopic (exact) mass is 498 g/mol. The van der Waals surface area contributed by atoms with Crippen LogP contribution in [-0.2, 0) is 28.8 Å². The first kappa shape index (κ1) is 28.8. The standard InChI is InChI=1S/C28H34O8/c1-27(2,25(33)34)11-5-7-17-13-21(29)15-19(23(17)31)9-10-20-16-22(30)14-18(24(20)32)8-6-12-28(3,4)26(35)36/h13-16H,5-12H2,1-4H3,(H,33,34)(H,35,36). The molecule has 0 atom stereocenters. The molecule has 0 saturated heterocycles. The third-order valence-electron chi connectivity index (χ3n) is 6.75. The lowest BCUT2D eigenvalue weighted by Crippen LogP contribution is -2.24. The maximum atomic E-state index is 12.9. The molecule has 0 fully saturated rings. The summed E-state index contributed by atoms with van der Waals surface area (Å²) in [5, 5.41) is 18.5. The molecule has 0 radical (unpaired) electrons. The van der Waals surface area contributed by atoms with Gasteiger partial charge >= 0.3 is 11.9 Å². The maximum Gasteiger partial charge on any atom is 0.309 e. The Morgan fingerprint density at radius 3 is 1.14 bits per heavy atom. The normalized spacial score (nSPS) is 16.9. The first-order valence-electron chi connectivity index (χ1n) is 12.1. The summed E-state index contributed by atoms with van der Waals surface area (Å²) in [5.41, 5.74) is -0.710. The van der Waals surface area contributed by atoms with Crippen molar-refractivity contribution in [3.05, 3.63) is 46.6 Å². The highest BCUT2D eigenvalue weighted by atomic mass is 16.4. The van der Waals surface area contributed by atoms with Crippen LogP contribution in [0.5, 0.6) is 0 Å². The molecular formula is C28H34O8. The fourth-order valence-electron chi connectivity index (χ4n) is 4.11. The molecule has 0 aromatic carbocycles. The number of carboxylic acid groups (broad SMARTS) is 2. The van der Waals surface area contributed by atoms with Crippen molar-refractivity contribution in [1.29, 1.82) is 0 Å². The van der Waals surface area contributed by atoms with Crippen LogP contribution in [0.2, 0.25) is 0 Å². The Labute approximate surface area is 210 Å². The van der Waals surface area contributed by atoms with Crippen LogP contribution in [0.4, 0.5) is 0 Å². The van der Waals surface area contributed by atoms with E-state index >= 15 is 0 Å². The highest BCUT2D eigenvalue weighted by Gasteiger charge is 2.30. The highest BCUT2D eigenvalue weighted by Crippen LogP contribution is 2.30. The number of rotatable bonds is 13. The van der Waals surface area contributed by atoms with Crippen LogP contribution in [0, 0.1) is 10.8 Å². The van der Waals surface area contributed by atoms with Crippen molar-refractivity contribution < 1.29 is 39.0 Å². The van der Waals surface area contributed by atoms with Gasteiger partial charge in [0.15, 0.2) is 23.1 Å². The first-order valence-corrected chi connectivity index (χ1v) is 12.1. The van der Waals surface area contributed by atoms with Crippen molar-refractivity contribution in [3.8, 4) is 0 Å². The van der Waals surface area contributed by atoms with E-state index in [4.69, 9.17) is 0 Å². The zero-order chi connectivity index (χ0) is 27.3. The van der Waals surface area contributed by atoms with E-state index in [0.29, 0.717) is 36.8 Å². The van der Waals surface area contributed by atoms with Gasteiger partial charge in [-0.2, -0.15) is 0 Å². The van der Waals surface area contributed by atoms with Crippen LogP contribution in [0.15, 0.2) is 46.6 Å². The minimum Gasteiger partial charge on any atom is -0.481 e. The molecule has 2 aliphatic carbocycles. The molecule has 2 rings (SSSR count). The fraction of sp³-hybridized carbons (Fsp3) is 0.500. The Balaban J connectivity index is 1.97. The van der Waals surface area contributed by atoms with Crippen LogP contribution in [0.1, 0.15) is 79.1 Å². The second-order valence-electron chi connectivity index (χ2n) is 10.7. The number of carboxylic acids is 2. The van der Waals surface area contributed by atoms with Gasteiger partial charge in [0.05, 0.1) is 10.8 Å². The van der Waals surface area contributed by atoms with Gasteiger partial charge in [0.1, 0.15) is 0 Å². The Hall–Kier alpha value is -3.42. The van der Waals surface area contributed by atoms with E-state index in [0.717, 1.165) is 0 Å². The predicted octanol–water partition coefficient (Wildman–Crippen LogP) is 4.34. The largest absolute Gasteiger partial charge is 0.481 e. The van der Waals surface area contributed by atoms with E-state index < -0.39 is 22.8 Å². The number of ketones is 4. The smallest absolute Gasteiger partial charge is 0.309 e. The summed E-state index contributed by atoms with van der Waals surface area (Å²) in [6, 6.07) is 0. The maximum absolute atomic E-state index is 12.9. The molecule has 0 aromatic heterocycles. The number of aliphatic carboxylic acids is 2. The average molecular weight is 499 g/mol. The number of hydrogen-bond donors (Lipinski definition) is 2. The molecule has 0 unspecified atom stereocenters. The van der Waals surface area contributed by atoms with Crippen LogP contribution >= 0.6 is 0 Å². The van der Waals surface area contributed by atoms with Gasteiger partial charge in [-0.25, -0.2) is 0 Å². The van der Waals surface area contributed by atoms with Crippen molar-refractivity contribution in [3.63, 3.8) is 0 Å². The second kappa shape index (κ2) is 11.5. The van der Waals surface area contributed by atoms with Crippen molar-refractivity contribution in [2.24, 2.45) is 10.8 Å². The van der Waals surface area contributed by atoms with Gasteiger partial charge in [0.25, 0.3) is 0 Å². The Morgan fingerprint density at radius 2 is 0.861 bits per heavy atom. The predicted molar refractivity (Wildman–Crippen MR) is 132 cm³/mol. The summed E-state index contributed by atoms with van der Waals surface area (Å²) in [4.78, 5) is 72.7. The molecule has 194 valence electrons. The molecule has 0 amide bonds. The molecule has 0 aromatic rings. The second-order valence-corrected chi connectivity index (χ2v) is 10.7. The average Bonchev–Trinajstić information content (AvgIpc) is 2.76. The summed E-state index contributed by atoms with van der Waals surface area (Å²) < 4.78 is 0. The van der Waals surface area contributed by atoms with Gasteiger partial charge in [-0.3, -0.25) is 28.8 Å². The van der Waals surface area contributed by atoms with E-state index in [1.807, 2.05) is 0 Å². The summed E-state index contributed by atoms with van der Waals surface area (Å²) >= 11 is 0. The van der Waals surface area contributed by atoms with Gasteiger partial charge in [-0.05, 0) is 103 Å². The molecule has 0 heterocycles. The number of hydrogen-bond acceptors (Lipinski definition) is 6. The molecule has 36 heavy (non-hydrogen) atoms. The Bertz CT molecular complexity index is 1020. The van der Waals surface area contributed by atoms with Gasteiger partial charge in [-0.15, -0.1) is 0 Å². The van der Waals surface area contributed by atoms with E-state index in [-0.39, 0.29) is 60.0 Å². The van der Waals surface area contributed by atoms with Gasteiger partial charge < -0.3 is 10.2 Å². The van der Waals surface area contributed by atoms with Gasteiger partial charge in [-0.1, -0.05) is 0 Å². The Kier molecular flexibility index (Phi) is 9.24. The minimum absolute atomic E-state index is 0.118. The van der Waals surface area contributed by atoms with Crippen LogP contribution < -0.4 is 0 Å². The summed E-state index contributed by atoms with van der Waals surface area (Å²) in [6.45, 7) is 6.42. The molecule has 0 bridgehead atoms. The number of carbonyl (C=O) groups is 6. The Morgan fingerprint density at radius 1 is 0.583 bits per heavy atom. The molecular weight excluding hydrogens is 464 g/mol. The molecule has 0 saturated carbocycles. The van der Waals surface area contributed by atoms with Gasteiger partial charge in [0.2, 0.25) is 0 Å². The molecule has 2 aliphatic rings. The highest BCUT2D eigenvalue weighted by molar-refractivity contribution is 6.21. The third kappa shape index (κ3) is 7.54. The van der Waals surface area contributed by atoms with E-state index in [9.17, 15) is 39.0 Å². The first-order chi connectivity index (χ1) is 16.6. The molecule has 0 aliphatic heterocycles. The third-order valence-corrected chi connectivity index (χ3v) is 6.75. The van der Waals surface area contributed by atoms with Crippen LogP contribution in [0.3, 0.4) is 0 Å². The van der Waals surface area contributed by atoms with Crippen molar-refractivity contribution in [2.45, 2.75) is 79.1 Å². The lowest BCUT2D eigenvalue weighted by molar-refractivity contribution is -0.148. The SMILES string of the molecule is CC(C)(CCCC1=CC(=O)C=C(CCC2=CC(=O)C=C(CCCC(C)(C)C(=O)O)C2=O)C1=O)C(=O)O. The quantitative estimate of drug-likeness (QED) is 0.357. The van der Waals surface area contributed by atoms with Crippen molar-refractivity contribution in [1.82, 2.24) is 0 Å². The summed E-state index contributed by atoms with van der Waals surface area (Å²) in [5.74, 6) is -3.13. The van der Waals surface area contributed by atoms with Gasteiger partial charge in [0, 0.05) is 22.3 Å². The van der Waals surface area contributed by atoms with Crippen molar-refractivity contribution in [2.75, 3.05) is 0 Å². The zero-order valence-corrected chi connectivity index (χ0v) is 21.3. The zero-order valence-electron chi connectivity index (χ0n) is 21.3. The van der Waals surface area contributed by atoms with Crippen molar-refractivity contribution >= 4 is 35.1 Å².